The molecule has 2 aromatic rings. The molecule has 2 N–H and O–H groups in total. The van der Waals surface area contributed by atoms with E-state index in [1.807, 2.05) is 0 Å². The molecule has 0 fully saturated rings. The van der Waals surface area contributed by atoms with Gasteiger partial charge in [0.15, 0.2) is 11.0 Å². The van der Waals surface area contributed by atoms with E-state index in [1.165, 1.54) is 6.07 Å². The van der Waals surface area contributed by atoms with Crippen LogP contribution in [0, 0.1) is 0 Å². The number of hydrogen-bond acceptors (Lipinski definition) is 4. The van der Waals surface area contributed by atoms with E-state index >= 15 is 0 Å². The van der Waals surface area contributed by atoms with Crippen molar-refractivity contribution < 1.29 is 9.90 Å². The Morgan fingerprint density at radius 1 is 1.22 bits per heavy atom. The summed E-state index contributed by atoms with van der Waals surface area (Å²) in [6.45, 7) is 0. The number of aromatic nitrogens is 2. The number of carboxylic acid groups (broad SMARTS) is 1. The molecule has 18 heavy (non-hydrogen) atoms. The van der Waals surface area contributed by atoms with Crippen molar-refractivity contribution in [3.63, 3.8) is 0 Å². The van der Waals surface area contributed by atoms with Crippen LogP contribution < -0.4 is 5.32 Å². The van der Waals surface area contributed by atoms with E-state index < -0.39 is 5.97 Å². The zero-order chi connectivity index (χ0) is 13.1. The van der Waals surface area contributed by atoms with Crippen molar-refractivity contribution in [3.05, 3.63) is 46.1 Å². The highest BCUT2D eigenvalue weighted by Crippen LogP contribution is 2.26. The monoisotopic (exact) mass is 283 g/mol. The minimum atomic E-state index is -1.15. The number of carbonyl (C=O) groups is 1. The van der Waals surface area contributed by atoms with Crippen LogP contribution >= 0.6 is 23.2 Å². The fourth-order valence-electron chi connectivity index (χ4n) is 1.31. The summed E-state index contributed by atoms with van der Waals surface area (Å²) in [7, 11) is 0. The maximum Gasteiger partial charge on any atom is 0.339 e. The Hall–Kier alpha value is -1.85. The van der Waals surface area contributed by atoms with E-state index in [1.54, 1.807) is 24.3 Å². The fraction of sp³-hybridized carbons (Fsp3) is 0. The summed E-state index contributed by atoms with van der Waals surface area (Å²) in [5.41, 5.74) is 0.466. The molecule has 7 heteroatoms. The van der Waals surface area contributed by atoms with Gasteiger partial charge < -0.3 is 10.4 Å². The molecule has 0 radical (unpaired) electrons. The number of rotatable bonds is 3. The molecule has 0 amide bonds. The third-order valence-corrected chi connectivity index (χ3v) is 2.64. The van der Waals surface area contributed by atoms with E-state index in [0.29, 0.717) is 10.7 Å². The van der Waals surface area contributed by atoms with Crippen molar-refractivity contribution in [2.75, 3.05) is 5.32 Å². The number of nitrogens with one attached hydrogen (secondary N) is 1. The second kappa shape index (κ2) is 5.20. The molecule has 1 aromatic heterocycles. The number of para-hydroxylation sites is 1. The molecule has 1 aromatic carbocycles. The molecule has 1 heterocycles. The van der Waals surface area contributed by atoms with Gasteiger partial charge in [-0.05, 0) is 18.2 Å². The Labute approximate surface area is 112 Å². The van der Waals surface area contributed by atoms with Gasteiger partial charge in [-0.25, -0.2) is 4.79 Å². The van der Waals surface area contributed by atoms with Crippen molar-refractivity contribution in [3.8, 4) is 0 Å². The molecular weight excluding hydrogens is 277 g/mol. The van der Waals surface area contributed by atoms with Crippen LogP contribution in [0.2, 0.25) is 10.2 Å². The van der Waals surface area contributed by atoms with Gasteiger partial charge in [-0.15, -0.1) is 10.2 Å². The highest BCUT2D eigenvalue weighted by molar-refractivity contribution is 6.33. The summed E-state index contributed by atoms with van der Waals surface area (Å²) in [5.74, 6) is -1.07. The zero-order valence-corrected chi connectivity index (χ0v) is 10.4. The van der Waals surface area contributed by atoms with Gasteiger partial charge in [0.1, 0.15) is 5.56 Å². The van der Waals surface area contributed by atoms with E-state index in [0.717, 1.165) is 0 Å². The maximum atomic E-state index is 11.0. The van der Waals surface area contributed by atoms with Crippen LogP contribution in [0.3, 0.4) is 0 Å². The lowest BCUT2D eigenvalue weighted by atomic mass is 10.2. The summed E-state index contributed by atoms with van der Waals surface area (Å²) < 4.78 is 0. The lowest BCUT2D eigenvalue weighted by molar-refractivity contribution is 0.0697. The molecule has 0 unspecified atom stereocenters. The molecule has 0 saturated heterocycles. The Bertz CT molecular complexity index is 605. The van der Waals surface area contributed by atoms with Crippen LogP contribution in [-0.2, 0) is 0 Å². The van der Waals surface area contributed by atoms with Gasteiger partial charge in [-0.2, -0.15) is 0 Å². The van der Waals surface area contributed by atoms with E-state index in [9.17, 15) is 4.79 Å². The number of nitrogens with zero attached hydrogens (tertiary/aromatic N) is 2. The molecule has 92 valence electrons. The van der Waals surface area contributed by atoms with Gasteiger partial charge in [-0.1, -0.05) is 35.3 Å². The number of carboxylic acids is 1. The minimum Gasteiger partial charge on any atom is -0.478 e. The van der Waals surface area contributed by atoms with Crippen molar-refractivity contribution in [2.45, 2.75) is 0 Å². The molecule has 5 nitrogen and oxygen atoms in total. The van der Waals surface area contributed by atoms with Crippen LogP contribution in [0.1, 0.15) is 10.4 Å². The fourth-order valence-corrected chi connectivity index (χ4v) is 1.64. The maximum absolute atomic E-state index is 11.0. The molecule has 0 saturated carbocycles. The molecule has 0 aliphatic heterocycles. The largest absolute Gasteiger partial charge is 0.478 e. The van der Waals surface area contributed by atoms with Gasteiger partial charge in [0.2, 0.25) is 0 Å². The normalized spacial score (nSPS) is 10.1. The van der Waals surface area contributed by atoms with Crippen LogP contribution in [0.25, 0.3) is 0 Å². The van der Waals surface area contributed by atoms with E-state index in [4.69, 9.17) is 28.3 Å². The highest BCUT2D eigenvalue weighted by atomic mass is 35.5. The van der Waals surface area contributed by atoms with Crippen molar-refractivity contribution in [1.29, 1.82) is 0 Å². The molecule has 0 bridgehead atoms. The number of halogens is 2. The third kappa shape index (κ3) is 2.69. The van der Waals surface area contributed by atoms with Crippen molar-refractivity contribution in [1.82, 2.24) is 10.2 Å². The van der Waals surface area contributed by atoms with Gasteiger partial charge in [0, 0.05) is 0 Å². The first-order valence-electron chi connectivity index (χ1n) is 4.86. The van der Waals surface area contributed by atoms with Crippen LogP contribution in [0.4, 0.5) is 11.5 Å². The van der Waals surface area contributed by atoms with Crippen LogP contribution in [-0.4, -0.2) is 21.3 Å². The first-order chi connectivity index (χ1) is 8.58. The lowest BCUT2D eigenvalue weighted by Crippen LogP contribution is -2.06. The Morgan fingerprint density at radius 2 is 1.94 bits per heavy atom. The van der Waals surface area contributed by atoms with Crippen molar-refractivity contribution >= 4 is 40.7 Å². The smallest absolute Gasteiger partial charge is 0.339 e. The standard InChI is InChI=1S/C11H7Cl2N3O2/c12-7-3-1-2-4-8(7)14-10-6(11(17)18)5-9(13)15-16-10/h1-5H,(H,14,16)(H,17,18). The second-order valence-corrected chi connectivity index (χ2v) is 4.13. The van der Waals surface area contributed by atoms with Crippen molar-refractivity contribution in [2.24, 2.45) is 0 Å². The topological polar surface area (TPSA) is 75.1 Å². The van der Waals surface area contributed by atoms with Gasteiger partial charge in [0.25, 0.3) is 0 Å². The summed E-state index contributed by atoms with van der Waals surface area (Å²) >= 11 is 11.6. The molecular formula is C11H7Cl2N3O2. The number of hydrogen-bond donors (Lipinski definition) is 2. The Morgan fingerprint density at radius 3 is 2.61 bits per heavy atom. The number of aromatic carboxylic acids is 1. The average Bonchev–Trinajstić information content (AvgIpc) is 2.34. The molecule has 0 aliphatic carbocycles. The third-order valence-electron chi connectivity index (χ3n) is 2.12. The van der Waals surface area contributed by atoms with Gasteiger partial charge >= 0.3 is 5.97 Å². The summed E-state index contributed by atoms with van der Waals surface area (Å²) in [5, 5.41) is 19.6. The summed E-state index contributed by atoms with van der Waals surface area (Å²) in [4.78, 5) is 11.0. The lowest BCUT2D eigenvalue weighted by Gasteiger charge is -2.09. The van der Waals surface area contributed by atoms with E-state index in [2.05, 4.69) is 15.5 Å². The Kier molecular flexibility index (Phi) is 3.64. The van der Waals surface area contributed by atoms with Gasteiger partial charge in [0.05, 0.1) is 10.7 Å². The highest BCUT2D eigenvalue weighted by Gasteiger charge is 2.14. The van der Waals surface area contributed by atoms with Crippen LogP contribution in [0.15, 0.2) is 30.3 Å². The predicted octanol–water partition coefficient (Wildman–Crippen LogP) is 3.23. The summed E-state index contributed by atoms with van der Waals surface area (Å²) in [6.07, 6.45) is 0. The Balaban J connectivity index is 2.41. The average molecular weight is 284 g/mol. The zero-order valence-electron chi connectivity index (χ0n) is 8.89. The number of benzene rings is 1. The van der Waals surface area contributed by atoms with Gasteiger partial charge in [-0.3, -0.25) is 0 Å². The van der Waals surface area contributed by atoms with Crippen LogP contribution in [0.5, 0.6) is 0 Å². The quantitative estimate of drug-likeness (QED) is 0.905. The molecule has 0 atom stereocenters. The molecule has 0 aliphatic rings. The van der Waals surface area contributed by atoms with E-state index in [-0.39, 0.29) is 16.5 Å². The first kappa shape index (κ1) is 12.6. The molecule has 2 rings (SSSR count). The minimum absolute atomic E-state index is 0.0112. The molecule has 0 spiro atoms. The second-order valence-electron chi connectivity index (χ2n) is 3.34. The predicted molar refractivity (Wildman–Crippen MR) is 68.7 cm³/mol. The SMILES string of the molecule is O=C(O)c1cc(Cl)nnc1Nc1ccccc1Cl. The first-order valence-corrected chi connectivity index (χ1v) is 5.61. The summed E-state index contributed by atoms with van der Waals surface area (Å²) in [6, 6.07) is 8.12. The number of anilines is 2.